The minimum atomic E-state index is 0.278. The van der Waals surface area contributed by atoms with Crippen LogP contribution in [0, 0.1) is 0 Å². The lowest BCUT2D eigenvalue weighted by Gasteiger charge is -2.46. The molecule has 2 fully saturated rings. The summed E-state index contributed by atoms with van der Waals surface area (Å²) in [5.41, 5.74) is 6.26. The summed E-state index contributed by atoms with van der Waals surface area (Å²) in [4.78, 5) is 4.97. The molecular formula is C11H23N3. The van der Waals surface area contributed by atoms with E-state index in [0.717, 1.165) is 19.1 Å². The van der Waals surface area contributed by atoms with E-state index >= 15 is 0 Å². The van der Waals surface area contributed by atoms with Crippen LogP contribution < -0.4 is 5.73 Å². The Morgan fingerprint density at radius 2 is 2.21 bits per heavy atom. The van der Waals surface area contributed by atoms with E-state index in [-0.39, 0.29) is 5.54 Å². The normalized spacial score (nSPS) is 35.1. The zero-order valence-electron chi connectivity index (χ0n) is 9.50. The molecule has 0 bridgehead atoms. The van der Waals surface area contributed by atoms with E-state index in [1.807, 2.05) is 0 Å². The molecule has 1 aliphatic carbocycles. The monoisotopic (exact) mass is 197 g/mol. The van der Waals surface area contributed by atoms with Gasteiger partial charge in [-0.1, -0.05) is 6.42 Å². The molecule has 0 radical (unpaired) electrons. The van der Waals surface area contributed by atoms with Crippen molar-refractivity contribution in [1.29, 1.82) is 0 Å². The molecule has 2 N–H and O–H groups in total. The maximum absolute atomic E-state index is 5.98. The van der Waals surface area contributed by atoms with Gasteiger partial charge in [0, 0.05) is 24.7 Å². The molecular weight excluding hydrogens is 174 g/mol. The molecule has 0 aromatic rings. The molecule has 3 heteroatoms. The summed E-state index contributed by atoms with van der Waals surface area (Å²) in [6.07, 6.45) is 5.41. The van der Waals surface area contributed by atoms with Gasteiger partial charge >= 0.3 is 0 Å². The van der Waals surface area contributed by atoms with Crippen molar-refractivity contribution in [3.63, 3.8) is 0 Å². The van der Waals surface area contributed by atoms with Crippen LogP contribution in [0.1, 0.15) is 25.7 Å². The zero-order chi connectivity index (χ0) is 10.2. The van der Waals surface area contributed by atoms with Gasteiger partial charge in [0.1, 0.15) is 0 Å². The fourth-order valence-electron chi connectivity index (χ4n) is 2.82. The number of nitrogens with zero attached hydrogens (tertiary/aromatic N) is 2. The molecule has 1 saturated carbocycles. The van der Waals surface area contributed by atoms with Crippen molar-refractivity contribution in [1.82, 2.24) is 9.80 Å². The van der Waals surface area contributed by atoms with Gasteiger partial charge in [0.15, 0.2) is 0 Å². The highest BCUT2D eigenvalue weighted by molar-refractivity contribution is 5.01. The van der Waals surface area contributed by atoms with Crippen molar-refractivity contribution in [3.8, 4) is 0 Å². The van der Waals surface area contributed by atoms with Crippen molar-refractivity contribution in [2.75, 3.05) is 33.7 Å². The number of hydrogen-bond donors (Lipinski definition) is 1. The van der Waals surface area contributed by atoms with E-state index < -0.39 is 0 Å². The zero-order valence-corrected chi connectivity index (χ0v) is 9.50. The Morgan fingerprint density at radius 1 is 1.50 bits per heavy atom. The van der Waals surface area contributed by atoms with Gasteiger partial charge in [-0.05, 0) is 39.9 Å². The van der Waals surface area contributed by atoms with Crippen LogP contribution in [0.3, 0.4) is 0 Å². The molecule has 1 heterocycles. The first-order valence-electron chi connectivity index (χ1n) is 5.79. The van der Waals surface area contributed by atoms with Gasteiger partial charge in [0.2, 0.25) is 0 Å². The number of likely N-dealkylation sites (tertiary alicyclic amines) is 1. The lowest BCUT2D eigenvalue weighted by Crippen LogP contribution is -2.58. The van der Waals surface area contributed by atoms with E-state index in [2.05, 4.69) is 23.9 Å². The van der Waals surface area contributed by atoms with E-state index in [1.165, 1.54) is 32.2 Å². The molecule has 1 unspecified atom stereocenters. The van der Waals surface area contributed by atoms with Gasteiger partial charge in [-0.2, -0.15) is 0 Å². The third-order valence-corrected chi connectivity index (χ3v) is 4.27. The summed E-state index contributed by atoms with van der Waals surface area (Å²) >= 11 is 0. The summed E-state index contributed by atoms with van der Waals surface area (Å²) in [6, 6.07) is 0.810. The van der Waals surface area contributed by atoms with Gasteiger partial charge in [-0.3, -0.25) is 4.90 Å². The van der Waals surface area contributed by atoms with Crippen molar-refractivity contribution in [3.05, 3.63) is 0 Å². The summed E-state index contributed by atoms with van der Waals surface area (Å²) in [5, 5.41) is 0. The molecule has 1 saturated heterocycles. The molecule has 3 nitrogen and oxygen atoms in total. The van der Waals surface area contributed by atoms with Crippen molar-refractivity contribution < 1.29 is 0 Å². The lowest BCUT2D eigenvalue weighted by atomic mass is 9.86. The molecule has 82 valence electrons. The first-order valence-corrected chi connectivity index (χ1v) is 5.79. The van der Waals surface area contributed by atoms with Gasteiger partial charge in [0.25, 0.3) is 0 Å². The number of hydrogen-bond acceptors (Lipinski definition) is 3. The number of likely N-dealkylation sites (N-methyl/N-ethyl adjacent to an activating group) is 2. The average Bonchev–Trinajstić information content (AvgIpc) is 2.45. The minimum absolute atomic E-state index is 0.278. The van der Waals surface area contributed by atoms with Crippen molar-refractivity contribution in [2.24, 2.45) is 5.73 Å². The largest absolute Gasteiger partial charge is 0.329 e. The van der Waals surface area contributed by atoms with E-state index in [9.17, 15) is 0 Å². The molecule has 1 atom stereocenters. The fourth-order valence-corrected chi connectivity index (χ4v) is 2.82. The second-order valence-corrected chi connectivity index (χ2v) is 5.11. The molecule has 0 spiro atoms. The topological polar surface area (TPSA) is 32.5 Å². The third-order valence-electron chi connectivity index (χ3n) is 4.27. The second-order valence-electron chi connectivity index (χ2n) is 5.11. The van der Waals surface area contributed by atoms with Crippen LogP contribution in [-0.4, -0.2) is 55.1 Å². The van der Waals surface area contributed by atoms with Crippen molar-refractivity contribution in [2.45, 2.75) is 37.3 Å². The Morgan fingerprint density at radius 3 is 2.57 bits per heavy atom. The molecule has 1 aliphatic heterocycles. The maximum atomic E-state index is 5.98. The van der Waals surface area contributed by atoms with Crippen LogP contribution in [0.2, 0.25) is 0 Å². The van der Waals surface area contributed by atoms with Gasteiger partial charge in [-0.15, -0.1) is 0 Å². The van der Waals surface area contributed by atoms with E-state index in [1.54, 1.807) is 0 Å². The average molecular weight is 197 g/mol. The molecule has 0 aromatic carbocycles. The second kappa shape index (κ2) is 3.80. The molecule has 14 heavy (non-hydrogen) atoms. The maximum Gasteiger partial charge on any atom is 0.0470 e. The van der Waals surface area contributed by atoms with Crippen LogP contribution in [0.25, 0.3) is 0 Å². The summed E-state index contributed by atoms with van der Waals surface area (Å²) < 4.78 is 0. The Bertz CT molecular complexity index is 203. The van der Waals surface area contributed by atoms with Gasteiger partial charge < -0.3 is 10.6 Å². The quantitative estimate of drug-likeness (QED) is 0.715. The van der Waals surface area contributed by atoms with Crippen molar-refractivity contribution >= 4 is 0 Å². The SMILES string of the molecule is CN1CCC(CN)(N(C)C2CCC2)C1. The molecule has 2 rings (SSSR count). The predicted octanol–water partition coefficient (Wildman–Crippen LogP) is 0.504. The lowest BCUT2D eigenvalue weighted by molar-refractivity contribution is 0.0449. The molecule has 2 aliphatic rings. The Kier molecular flexibility index (Phi) is 2.82. The third kappa shape index (κ3) is 1.58. The van der Waals surface area contributed by atoms with Crippen LogP contribution >= 0.6 is 0 Å². The first-order chi connectivity index (χ1) is 6.68. The number of nitrogens with two attached hydrogens (primary N) is 1. The van der Waals surface area contributed by atoms with Crippen LogP contribution in [0.15, 0.2) is 0 Å². The predicted molar refractivity (Wildman–Crippen MR) is 59.3 cm³/mol. The van der Waals surface area contributed by atoms with Gasteiger partial charge in [0.05, 0.1) is 0 Å². The Hall–Kier alpha value is -0.120. The Labute approximate surface area is 87.2 Å². The summed E-state index contributed by atoms with van der Waals surface area (Å²) in [5.74, 6) is 0. The van der Waals surface area contributed by atoms with Crippen LogP contribution in [0.5, 0.6) is 0 Å². The van der Waals surface area contributed by atoms with E-state index in [0.29, 0.717) is 0 Å². The van der Waals surface area contributed by atoms with Gasteiger partial charge in [-0.25, -0.2) is 0 Å². The molecule has 0 amide bonds. The fraction of sp³-hybridized carbons (Fsp3) is 1.00. The highest BCUT2D eigenvalue weighted by Gasteiger charge is 2.42. The smallest absolute Gasteiger partial charge is 0.0470 e. The Balaban J connectivity index is 2.03. The summed E-state index contributed by atoms with van der Waals surface area (Å²) in [7, 11) is 4.47. The van der Waals surface area contributed by atoms with Crippen LogP contribution in [0.4, 0.5) is 0 Å². The minimum Gasteiger partial charge on any atom is -0.329 e. The highest BCUT2D eigenvalue weighted by atomic mass is 15.3. The first kappa shape index (κ1) is 10.4. The summed E-state index contributed by atoms with van der Waals surface area (Å²) in [6.45, 7) is 3.16. The molecule has 0 aromatic heterocycles. The van der Waals surface area contributed by atoms with Crippen LogP contribution in [-0.2, 0) is 0 Å². The number of rotatable bonds is 3. The highest BCUT2D eigenvalue weighted by Crippen LogP contribution is 2.33. The standard InChI is InChI=1S/C11H23N3/c1-13-7-6-11(8-12,9-13)14(2)10-4-3-5-10/h10H,3-9,12H2,1-2H3. The van der Waals surface area contributed by atoms with E-state index in [4.69, 9.17) is 5.73 Å².